The number of hydrogen-bond donors (Lipinski definition) is 2. The van der Waals surface area contributed by atoms with Gasteiger partial charge in [0.1, 0.15) is 0 Å². The Balaban J connectivity index is 3.72. The fourth-order valence-electron chi connectivity index (χ4n) is 2.61. The Hall–Kier alpha value is -0.610. The van der Waals surface area contributed by atoms with Gasteiger partial charge in [0.05, 0.1) is 21.1 Å². The molecule has 0 aliphatic carbocycles. The predicted octanol–water partition coefficient (Wildman–Crippen LogP) is 3.74. The van der Waals surface area contributed by atoms with Gasteiger partial charge in [-0.2, -0.15) is 0 Å². The summed E-state index contributed by atoms with van der Waals surface area (Å²) in [6, 6.07) is 0. The summed E-state index contributed by atoms with van der Waals surface area (Å²) in [7, 11) is 5.55. The Morgan fingerprint density at radius 2 is 1.29 bits per heavy atom. The topological polar surface area (TPSA) is 63.3 Å². The van der Waals surface area contributed by atoms with Crippen molar-refractivity contribution in [1.29, 1.82) is 0 Å². The van der Waals surface area contributed by atoms with Crippen LogP contribution in [-0.2, 0) is 4.79 Å². The third-order valence-corrected chi connectivity index (χ3v) is 4.48. The lowest BCUT2D eigenvalue weighted by molar-refractivity contribution is -0.914. The minimum Gasteiger partial charge on any atom is -0.476 e. The third kappa shape index (κ3) is 7.82. The Morgan fingerprint density at radius 1 is 0.905 bits per heavy atom. The highest BCUT2D eigenvalue weighted by molar-refractivity contribution is 5.76. The van der Waals surface area contributed by atoms with Gasteiger partial charge in [-0.15, -0.1) is 0 Å². The molecule has 0 aromatic carbocycles. The van der Waals surface area contributed by atoms with Crippen molar-refractivity contribution in [2.24, 2.45) is 5.73 Å². The summed E-state index contributed by atoms with van der Waals surface area (Å²) in [5, 5.41) is 9.37. The van der Waals surface area contributed by atoms with Crippen molar-refractivity contribution in [2.75, 3.05) is 21.1 Å². The van der Waals surface area contributed by atoms with E-state index in [4.69, 9.17) is 5.73 Å². The van der Waals surface area contributed by atoms with E-state index in [2.05, 4.69) is 6.92 Å². The van der Waals surface area contributed by atoms with Crippen LogP contribution in [0.2, 0.25) is 0 Å². The summed E-state index contributed by atoms with van der Waals surface area (Å²) in [6.07, 6.45) is 13.0. The molecule has 0 aromatic rings. The average molecular weight is 301 g/mol. The first-order valence-corrected chi connectivity index (χ1v) is 8.59. The zero-order valence-electron chi connectivity index (χ0n) is 14.7. The van der Waals surface area contributed by atoms with Crippen molar-refractivity contribution in [3.63, 3.8) is 0 Å². The van der Waals surface area contributed by atoms with Crippen molar-refractivity contribution < 1.29 is 14.4 Å². The van der Waals surface area contributed by atoms with Gasteiger partial charge in [0.2, 0.25) is 5.66 Å². The lowest BCUT2D eigenvalue weighted by Gasteiger charge is -2.39. The molecule has 0 heterocycles. The van der Waals surface area contributed by atoms with Gasteiger partial charge in [0, 0.05) is 6.42 Å². The fraction of sp³-hybridized carbons (Fsp3) is 0.941. The number of quaternary nitrogens is 1. The minimum atomic E-state index is -1.17. The van der Waals surface area contributed by atoms with Crippen LogP contribution in [-0.4, -0.2) is 42.4 Å². The van der Waals surface area contributed by atoms with E-state index in [1.807, 2.05) is 21.1 Å². The molecule has 3 N–H and O–H groups in total. The monoisotopic (exact) mass is 301 g/mol. The van der Waals surface area contributed by atoms with Crippen LogP contribution in [0.25, 0.3) is 0 Å². The maximum absolute atomic E-state index is 11.4. The van der Waals surface area contributed by atoms with Crippen LogP contribution in [0.5, 0.6) is 0 Å². The Labute approximate surface area is 131 Å². The molecule has 0 aromatic heterocycles. The number of hydrogen-bond acceptors (Lipinski definition) is 2. The van der Waals surface area contributed by atoms with Crippen molar-refractivity contribution >= 4 is 5.97 Å². The van der Waals surface area contributed by atoms with Gasteiger partial charge in [-0.05, 0) is 6.42 Å². The number of carboxylic acids is 1. The average Bonchev–Trinajstić information content (AvgIpc) is 2.39. The van der Waals surface area contributed by atoms with E-state index in [0.29, 0.717) is 6.42 Å². The highest BCUT2D eigenvalue weighted by atomic mass is 16.4. The molecule has 126 valence electrons. The molecule has 0 fully saturated rings. The Bertz CT molecular complexity index is 287. The van der Waals surface area contributed by atoms with Crippen molar-refractivity contribution in [2.45, 2.75) is 83.2 Å². The molecule has 0 radical (unpaired) electrons. The molecule has 0 rings (SSSR count). The number of nitrogens with two attached hydrogens (primary N) is 1. The molecule has 0 saturated heterocycles. The maximum Gasteiger partial charge on any atom is 0.381 e. The standard InChI is InChI=1S/C17H36N2O2/c1-5-6-7-8-9-10-11-12-13-14-15-17(18,16(20)21)19(2,3)4/h5-15,18H2,1-4H3/p+1. The molecule has 0 aliphatic heterocycles. The molecule has 0 aliphatic rings. The van der Waals surface area contributed by atoms with Gasteiger partial charge in [0.25, 0.3) is 0 Å². The molecule has 0 saturated carbocycles. The highest BCUT2D eigenvalue weighted by Crippen LogP contribution is 2.21. The second-order valence-corrected chi connectivity index (χ2v) is 7.17. The van der Waals surface area contributed by atoms with E-state index in [1.54, 1.807) is 0 Å². The summed E-state index contributed by atoms with van der Waals surface area (Å²) in [5.41, 5.74) is 4.93. The van der Waals surface area contributed by atoms with Gasteiger partial charge in [0.15, 0.2) is 0 Å². The van der Waals surface area contributed by atoms with Gasteiger partial charge in [-0.1, -0.05) is 64.7 Å². The first-order chi connectivity index (χ1) is 9.75. The van der Waals surface area contributed by atoms with Crippen molar-refractivity contribution in [3.8, 4) is 0 Å². The van der Waals surface area contributed by atoms with Gasteiger partial charge >= 0.3 is 5.97 Å². The number of nitrogens with zero attached hydrogens (tertiary/aromatic N) is 1. The smallest absolute Gasteiger partial charge is 0.381 e. The molecule has 0 amide bonds. The van der Waals surface area contributed by atoms with Crippen LogP contribution in [0.15, 0.2) is 0 Å². The number of aliphatic carboxylic acids is 1. The van der Waals surface area contributed by atoms with E-state index in [0.717, 1.165) is 12.8 Å². The molecular formula is C17H37N2O2+. The molecule has 0 spiro atoms. The second kappa shape index (κ2) is 10.2. The molecule has 1 unspecified atom stereocenters. The first kappa shape index (κ1) is 20.4. The van der Waals surface area contributed by atoms with Gasteiger partial charge in [-0.25, -0.2) is 4.79 Å². The zero-order valence-corrected chi connectivity index (χ0v) is 14.7. The Morgan fingerprint density at radius 3 is 1.62 bits per heavy atom. The Kier molecular flexibility index (Phi) is 9.88. The summed E-state index contributed by atoms with van der Waals surface area (Å²) in [4.78, 5) is 11.4. The quantitative estimate of drug-likeness (QED) is 0.309. The fourth-order valence-corrected chi connectivity index (χ4v) is 2.61. The lowest BCUT2D eigenvalue weighted by atomic mass is 9.98. The van der Waals surface area contributed by atoms with Crippen molar-refractivity contribution in [1.82, 2.24) is 0 Å². The van der Waals surface area contributed by atoms with E-state index < -0.39 is 11.6 Å². The molecule has 4 nitrogen and oxygen atoms in total. The van der Waals surface area contributed by atoms with Gasteiger partial charge < -0.3 is 9.59 Å². The van der Waals surface area contributed by atoms with Gasteiger partial charge in [-0.3, -0.25) is 5.73 Å². The van der Waals surface area contributed by atoms with Crippen LogP contribution in [0.3, 0.4) is 0 Å². The SMILES string of the molecule is CCCCCCCCCCCCC(N)(C(=O)O)[N+](C)(C)C. The summed E-state index contributed by atoms with van der Waals surface area (Å²) < 4.78 is 0.264. The van der Waals surface area contributed by atoms with E-state index >= 15 is 0 Å². The molecule has 0 bridgehead atoms. The number of carbonyl (C=O) groups is 1. The maximum atomic E-state index is 11.4. The third-order valence-electron chi connectivity index (χ3n) is 4.48. The molecule has 4 heteroatoms. The highest BCUT2D eigenvalue weighted by Gasteiger charge is 2.46. The summed E-state index contributed by atoms with van der Waals surface area (Å²) >= 11 is 0. The van der Waals surface area contributed by atoms with Crippen LogP contribution < -0.4 is 5.73 Å². The van der Waals surface area contributed by atoms with Crippen LogP contribution in [0.4, 0.5) is 0 Å². The van der Waals surface area contributed by atoms with Crippen LogP contribution >= 0.6 is 0 Å². The predicted molar refractivity (Wildman–Crippen MR) is 89.0 cm³/mol. The number of carboxylic acid groups (broad SMARTS) is 1. The molecule has 21 heavy (non-hydrogen) atoms. The first-order valence-electron chi connectivity index (χ1n) is 8.59. The van der Waals surface area contributed by atoms with Crippen molar-refractivity contribution in [3.05, 3.63) is 0 Å². The molecule has 1 atom stereocenters. The zero-order chi connectivity index (χ0) is 16.4. The normalized spacial score (nSPS) is 14.9. The van der Waals surface area contributed by atoms with E-state index in [9.17, 15) is 9.90 Å². The lowest BCUT2D eigenvalue weighted by Crippen LogP contribution is -2.67. The van der Waals surface area contributed by atoms with Crippen LogP contribution in [0, 0.1) is 0 Å². The van der Waals surface area contributed by atoms with E-state index in [-0.39, 0.29) is 4.48 Å². The summed E-state index contributed by atoms with van der Waals surface area (Å²) in [6.45, 7) is 2.24. The number of unbranched alkanes of at least 4 members (excludes halogenated alkanes) is 9. The second-order valence-electron chi connectivity index (χ2n) is 7.17. The van der Waals surface area contributed by atoms with E-state index in [1.165, 1.54) is 51.4 Å². The van der Waals surface area contributed by atoms with Crippen LogP contribution in [0.1, 0.15) is 77.6 Å². The number of rotatable bonds is 13. The molecular weight excluding hydrogens is 264 g/mol. The summed E-state index contributed by atoms with van der Waals surface area (Å²) in [5.74, 6) is -0.897. The number of likely N-dealkylation sites (N-methyl/N-ethyl adjacent to an activating group) is 1. The minimum absolute atomic E-state index is 0.264. The largest absolute Gasteiger partial charge is 0.476 e.